The minimum atomic E-state index is -4.55. The molecule has 0 radical (unpaired) electrons. The minimum absolute atomic E-state index is 0.0787. The van der Waals surface area contributed by atoms with Crippen LogP contribution in [0.25, 0.3) is 0 Å². The first-order valence-electron chi connectivity index (χ1n) is 11.3. The number of nitriles is 1. The number of phenolic OH excluding ortho intramolecular Hbond substituents is 1. The summed E-state index contributed by atoms with van der Waals surface area (Å²) in [6.45, 7) is 4.60. The van der Waals surface area contributed by atoms with Crippen molar-refractivity contribution in [3.05, 3.63) is 88.9 Å². The van der Waals surface area contributed by atoms with Gasteiger partial charge in [-0.2, -0.15) is 18.4 Å². The van der Waals surface area contributed by atoms with Crippen LogP contribution in [0.4, 0.5) is 17.6 Å². The first kappa shape index (κ1) is 27.5. The molecule has 2 aromatic carbocycles. The van der Waals surface area contributed by atoms with Crippen LogP contribution in [0.1, 0.15) is 48.9 Å². The molecule has 0 spiro atoms. The summed E-state index contributed by atoms with van der Waals surface area (Å²) in [7, 11) is 0. The van der Waals surface area contributed by atoms with Gasteiger partial charge in [-0.25, -0.2) is 9.37 Å². The van der Waals surface area contributed by atoms with Crippen molar-refractivity contribution in [1.29, 1.82) is 5.26 Å². The molecule has 6 nitrogen and oxygen atoms in total. The second kappa shape index (κ2) is 10.9. The van der Waals surface area contributed by atoms with Crippen LogP contribution in [-0.4, -0.2) is 27.6 Å². The highest BCUT2D eigenvalue weighted by atomic mass is 19.4. The Kier molecular flexibility index (Phi) is 8.06. The Balaban J connectivity index is 1.82. The summed E-state index contributed by atoms with van der Waals surface area (Å²) in [6.07, 6.45) is -3.59. The molecule has 10 heteroatoms. The van der Waals surface area contributed by atoms with Gasteiger partial charge in [0, 0.05) is 24.2 Å². The van der Waals surface area contributed by atoms with Gasteiger partial charge in [0.25, 0.3) is 5.91 Å². The molecule has 0 saturated carbocycles. The van der Waals surface area contributed by atoms with Crippen molar-refractivity contribution in [3.8, 4) is 17.7 Å². The number of halogens is 4. The molecule has 1 aromatic heterocycles. The van der Waals surface area contributed by atoms with Crippen molar-refractivity contribution in [2.75, 3.05) is 0 Å². The number of hydrogen-bond acceptors (Lipinski definition) is 5. The Hall–Kier alpha value is -4.13. The number of aromatic nitrogens is 1. The Bertz CT molecular complexity index is 1280. The predicted octanol–water partition coefficient (Wildman–Crippen LogP) is 5.51. The number of pyridine rings is 1. The van der Waals surface area contributed by atoms with Crippen molar-refractivity contribution in [2.24, 2.45) is 0 Å². The van der Waals surface area contributed by atoms with Crippen molar-refractivity contribution in [3.63, 3.8) is 0 Å². The van der Waals surface area contributed by atoms with Crippen LogP contribution >= 0.6 is 0 Å². The largest absolute Gasteiger partial charge is 0.508 e. The third kappa shape index (κ3) is 7.19. The number of rotatable bonds is 8. The molecular weight excluding hydrogens is 490 g/mol. The lowest BCUT2D eigenvalue weighted by Crippen LogP contribution is -2.51. The van der Waals surface area contributed by atoms with E-state index in [1.807, 2.05) is 6.07 Å². The molecule has 3 rings (SSSR count). The summed E-state index contributed by atoms with van der Waals surface area (Å²) in [5.41, 5.74) is -1.04. The van der Waals surface area contributed by atoms with Gasteiger partial charge in [0.05, 0.1) is 17.2 Å². The highest BCUT2D eigenvalue weighted by Gasteiger charge is 2.35. The molecule has 0 aliphatic rings. The number of amides is 1. The van der Waals surface area contributed by atoms with E-state index in [0.717, 1.165) is 23.8 Å². The van der Waals surface area contributed by atoms with E-state index < -0.39 is 41.0 Å². The van der Waals surface area contributed by atoms with Gasteiger partial charge in [-0.15, -0.1) is 0 Å². The summed E-state index contributed by atoms with van der Waals surface area (Å²) < 4.78 is 58.2. The fraction of sp³-hybridized carbons (Fsp3) is 0.296. The van der Waals surface area contributed by atoms with Gasteiger partial charge < -0.3 is 15.2 Å². The standard InChI is InChI=1S/C27H25F4N3O3/c1-16(34-25(36)26(2,3)37-24-9-6-20(15-33-24)27(29,30)31)23(12-17-4-7-22(35)8-5-17)19-10-18(14-32)11-21(28)13-19/h4-11,13,15-16,23,35H,12H2,1-3H3,(H,34,36). The Morgan fingerprint density at radius 3 is 2.38 bits per heavy atom. The van der Waals surface area contributed by atoms with Crippen LogP contribution < -0.4 is 10.1 Å². The number of benzene rings is 2. The van der Waals surface area contributed by atoms with Gasteiger partial charge in [-0.1, -0.05) is 12.1 Å². The summed E-state index contributed by atoms with van der Waals surface area (Å²) >= 11 is 0. The van der Waals surface area contributed by atoms with Crippen molar-refractivity contribution < 1.29 is 32.2 Å². The molecule has 2 N–H and O–H groups in total. The van der Waals surface area contributed by atoms with E-state index in [2.05, 4.69) is 10.3 Å². The molecule has 194 valence electrons. The van der Waals surface area contributed by atoms with Crippen LogP contribution in [0, 0.1) is 17.1 Å². The number of ether oxygens (including phenoxy) is 1. The van der Waals surface area contributed by atoms with Gasteiger partial charge in [-0.05, 0) is 74.7 Å². The lowest BCUT2D eigenvalue weighted by Gasteiger charge is -2.30. The van der Waals surface area contributed by atoms with Crippen LogP contribution in [0.2, 0.25) is 0 Å². The average molecular weight is 516 g/mol. The van der Waals surface area contributed by atoms with Gasteiger partial charge in [0.2, 0.25) is 5.88 Å². The van der Waals surface area contributed by atoms with Gasteiger partial charge in [-0.3, -0.25) is 4.79 Å². The topological polar surface area (TPSA) is 95.2 Å². The fourth-order valence-electron chi connectivity index (χ4n) is 3.76. The van der Waals surface area contributed by atoms with Gasteiger partial charge >= 0.3 is 6.18 Å². The number of phenols is 1. The molecule has 37 heavy (non-hydrogen) atoms. The van der Waals surface area contributed by atoms with Crippen molar-refractivity contribution >= 4 is 5.91 Å². The van der Waals surface area contributed by atoms with E-state index in [9.17, 15) is 32.7 Å². The van der Waals surface area contributed by atoms with Crippen molar-refractivity contribution in [1.82, 2.24) is 10.3 Å². The van der Waals surface area contributed by atoms with Gasteiger partial charge in [0.15, 0.2) is 5.60 Å². The highest BCUT2D eigenvalue weighted by molar-refractivity contribution is 5.85. The second-order valence-electron chi connectivity index (χ2n) is 9.12. The highest BCUT2D eigenvalue weighted by Crippen LogP contribution is 2.30. The van der Waals surface area contributed by atoms with Crippen LogP contribution in [0.5, 0.6) is 11.6 Å². The third-order valence-corrected chi connectivity index (χ3v) is 5.80. The smallest absolute Gasteiger partial charge is 0.417 e. The number of aromatic hydroxyl groups is 1. The predicted molar refractivity (Wildman–Crippen MR) is 127 cm³/mol. The molecule has 0 bridgehead atoms. The number of alkyl halides is 3. The molecular formula is C27H25F4N3O3. The normalized spacial score (nSPS) is 13.4. The number of carbonyl (C=O) groups excluding carboxylic acids is 1. The lowest BCUT2D eigenvalue weighted by atomic mass is 9.85. The Morgan fingerprint density at radius 1 is 1.14 bits per heavy atom. The zero-order valence-electron chi connectivity index (χ0n) is 20.3. The molecule has 0 fully saturated rings. The number of nitrogens with one attached hydrogen (secondary N) is 1. The molecule has 0 aliphatic carbocycles. The van der Waals surface area contributed by atoms with Crippen LogP contribution in [-0.2, 0) is 17.4 Å². The Morgan fingerprint density at radius 2 is 1.81 bits per heavy atom. The maximum Gasteiger partial charge on any atom is 0.417 e. The maximum absolute atomic E-state index is 14.3. The molecule has 3 aromatic rings. The molecule has 0 aliphatic heterocycles. The van der Waals surface area contributed by atoms with E-state index in [0.29, 0.717) is 18.2 Å². The number of hydrogen-bond donors (Lipinski definition) is 2. The molecule has 2 unspecified atom stereocenters. The van der Waals surface area contributed by atoms with E-state index in [1.165, 1.54) is 32.0 Å². The quantitative estimate of drug-likeness (QED) is 0.386. The summed E-state index contributed by atoms with van der Waals surface area (Å²) in [5, 5.41) is 21.7. The van der Waals surface area contributed by atoms with E-state index >= 15 is 0 Å². The van der Waals surface area contributed by atoms with Crippen LogP contribution in [0.3, 0.4) is 0 Å². The zero-order valence-corrected chi connectivity index (χ0v) is 20.3. The summed E-state index contributed by atoms with van der Waals surface area (Å²) in [4.78, 5) is 16.8. The molecule has 1 heterocycles. The average Bonchev–Trinajstić information content (AvgIpc) is 2.82. The Labute approximate surface area is 211 Å². The maximum atomic E-state index is 14.3. The summed E-state index contributed by atoms with van der Waals surface area (Å²) in [5.74, 6) is -1.73. The SMILES string of the molecule is CC(NC(=O)C(C)(C)Oc1ccc(C(F)(F)F)cn1)C(Cc1ccc(O)cc1)c1cc(F)cc(C#N)c1. The first-order chi connectivity index (χ1) is 17.3. The fourth-order valence-corrected chi connectivity index (χ4v) is 3.76. The minimum Gasteiger partial charge on any atom is -0.508 e. The lowest BCUT2D eigenvalue weighted by molar-refractivity contribution is -0.138. The molecule has 1 amide bonds. The second-order valence-corrected chi connectivity index (χ2v) is 9.12. The number of carbonyl (C=O) groups is 1. The van der Waals surface area contributed by atoms with Crippen molar-refractivity contribution in [2.45, 2.75) is 50.9 Å². The zero-order chi connectivity index (χ0) is 27.4. The molecule has 2 atom stereocenters. The van der Waals surface area contributed by atoms with E-state index in [4.69, 9.17) is 4.74 Å². The van der Waals surface area contributed by atoms with E-state index in [1.54, 1.807) is 25.1 Å². The van der Waals surface area contributed by atoms with E-state index in [-0.39, 0.29) is 17.2 Å². The van der Waals surface area contributed by atoms with Gasteiger partial charge in [0.1, 0.15) is 11.6 Å². The van der Waals surface area contributed by atoms with Crippen LogP contribution in [0.15, 0.2) is 60.8 Å². The first-order valence-corrected chi connectivity index (χ1v) is 11.3. The summed E-state index contributed by atoms with van der Waals surface area (Å²) in [6, 6.07) is 13.5. The third-order valence-electron chi connectivity index (χ3n) is 5.80. The number of nitrogens with zero attached hydrogens (tertiary/aromatic N) is 2. The monoisotopic (exact) mass is 515 g/mol. The molecule has 0 saturated heterocycles.